The van der Waals surface area contributed by atoms with Gasteiger partial charge in [-0.3, -0.25) is 4.98 Å². The Morgan fingerprint density at radius 3 is 2.59 bits per heavy atom. The smallest absolute Gasteiger partial charge is 0.341 e. The molecule has 3 rings (SSSR count). The minimum absolute atomic E-state index is 0.249. The number of aromatic nitrogens is 1. The Bertz CT molecular complexity index is 1000. The van der Waals surface area contributed by atoms with E-state index < -0.39 is 5.97 Å². The first-order valence-electron chi connectivity index (χ1n) is 9.58. The van der Waals surface area contributed by atoms with Crippen LogP contribution in [0.1, 0.15) is 46.8 Å². The summed E-state index contributed by atoms with van der Waals surface area (Å²) in [5.74, 6) is -0.451. The van der Waals surface area contributed by atoms with Gasteiger partial charge in [-0.1, -0.05) is 25.5 Å². The summed E-state index contributed by atoms with van der Waals surface area (Å²) in [6.45, 7) is 2.25. The number of aliphatic hydroxyl groups is 1. The van der Waals surface area contributed by atoms with Gasteiger partial charge in [-0.25, -0.2) is 9.18 Å². The molecule has 0 radical (unpaired) electrons. The Hall–Kier alpha value is -2.99. The quantitative estimate of drug-likeness (QED) is 0.450. The molecule has 0 aliphatic heterocycles. The van der Waals surface area contributed by atoms with Gasteiger partial charge in [0.25, 0.3) is 0 Å². The van der Waals surface area contributed by atoms with Crippen molar-refractivity contribution in [2.45, 2.75) is 32.8 Å². The number of rotatable bonds is 8. The number of esters is 1. The fourth-order valence-corrected chi connectivity index (χ4v) is 3.17. The van der Waals surface area contributed by atoms with Crippen LogP contribution in [0, 0.1) is 5.82 Å². The van der Waals surface area contributed by atoms with Crippen LogP contribution in [0.25, 0.3) is 10.9 Å². The van der Waals surface area contributed by atoms with E-state index in [1.807, 2.05) is 6.07 Å². The lowest BCUT2D eigenvalue weighted by molar-refractivity contribution is 0.0596. The van der Waals surface area contributed by atoms with Gasteiger partial charge in [0.05, 0.1) is 20.3 Å². The molecule has 1 aromatic heterocycles. The van der Waals surface area contributed by atoms with E-state index in [1.54, 1.807) is 24.4 Å². The summed E-state index contributed by atoms with van der Waals surface area (Å²) in [4.78, 5) is 16.8. The summed E-state index contributed by atoms with van der Waals surface area (Å²) in [6, 6.07) is 9.82. The van der Waals surface area contributed by atoms with E-state index in [4.69, 9.17) is 9.47 Å². The third-order valence-corrected chi connectivity index (χ3v) is 4.71. The first-order chi connectivity index (χ1) is 14.1. The number of carbonyl (C=O) groups excluding carboxylic acids is 1. The molecule has 29 heavy (non-hydrogen) atoms. The molecule has 152 valence electrons. The van der Waals surface area contributed by atoms with E-state index >= 15 is 0 Å². The number of aliphatic hydroxyl groups excluding tert-OH is 1. The van der Waals surface area contributed by atoms with Crippen molar-refractivity contribution in [1.82, 2.24) is 4.98 Å². The van der Waals surface area contributed by atoms with Crippen molar-refractivity contribution in [3.05, 3.63) is 70.7 Å². The number of hydrogen-bond acceptors (Lipinski definition) is 5. The second-order valence-electron chi connectivity index (χ2n) is 6.81. The van der Waals surface area contributed by atoms with Gasteiger partial charge in [-0.05, 0) is 53.8 Å². The number of hydrogen-bond donors (Lipinski definition) is 1. The van der Waals surface area contributed by atoms with E-state index in [0.717, 1.165) is 24.0 Å². The molecule has 5 nitrogen and oxygen atoms in total. The SMILES string of the molecule is CCCCOc1c(C(=O)OC)cc(CO)c2cc(Cc3ccc(F)cc3)cnc12. The highest BCUT2D eigenvalue weighted by Crippen LogP contribution is 2.33. The van der Waals surface area contributed by atoms with Gasteiger partial charge in [-0.2, -0.15) is 0 Å². The number of pyridine rings is 1. The Kier molecular flexibility index (Phi) is 6.77. The lowest BCUT2D eigenvalue weighted by atomic mass is 9.99. The predicted octanol–water partition coefficient (Wildman–Crippen LogP) is 4.42. The summed E-state index contributed by atoms with van der Waals surface area (Å²) in [6.07, 6.45) is 4.07. The maximum absolute atomic E-state index is 13.1. The van der Waals surface area contributed by atoms with Gasteiger partial charge in [0.15, 0.2) is 5.75 Å². The molecule has 1 heterocycles. The lowest BCUT2D eigenvalue weighted by Gasteiger charge is -2.16. The number of nitrogens with zero attached hydrogens (tertiary/aromatic N) is 1. The van der Waals surface area contributed by atoms with Crippen molar-refractivity contribution in [2.75, 3.05) is 13.7 Å². The molecule has 2 aromatic carbocycles. The number of halogens is 1. The zero-order valence-corrected chi connectivity index (χ0v) is 16.6. The fourth-order valence-electron chi connectivity index (χ4n) is 3.17. The Morgan fingerprint density at radius 1 is 1.17 bits per heavy atom. The van der Waals surface area contributed by atoms with E-state index in [9.17, 15) is 14.3 Å². The van der Waals surface area contributed by atoms with Gasteiger partial charge >= 0.3 is 5.97 Å². The molecule has 0 saturated carbocycles. The number of carbonyl (C=O) groups is 1. The summed E-state index contributed by atoms with van der Waals surface area (Å²) in [5, 5.41) is 10.6. The van der Waals surface area contributed by atoms with Crippen LogP contribution in [0.15, 0.2) is 42.6 Å². The monoisotopic (exact) mass is 397 g/mol. The highest BCUT2D eigenvalue weighted by molar-refractivity contribution is 6.01. The lowest BCUT2D eigenvalue weighted by Crippen LogP contribution is -2.09. The maximum Gasteiger partial charge on any atom is 0.341 e. The van der Waals surface area contributed by atoms with Crippen LogP contribution in [0.3, 0.4) is 0 Å². The average Bonchev–Trinajstić information content (AvgIpc) is 2.74. The van der Waals surface area contributed by atoms with Crippen molar-refractivity contribution in [3.63, 3.8) is 0 Å². The van der Waals surface area contributed by atoms with Gasteiger partial charge in [0.1, 0.15) is 16.9 Å². The molecule has 0 atom stereocenters. The molecule has 0 saturated heterocycles. The molecule has 6 heteroatoms. The van der Waals surface area contributed by atoms with Crippen LogP contribution in [0.5, 0.6) is 5.75 Å². The van der Waals surface area contributed by atoms with Gasteiger partial charge in [-0.15, -0.1) is 0 Å². The standard InChI is InChI=1S/C23H24FNO4/c1-3-4-9-29-22-20(23(27)28-2)12-17(14-26)19-11-16(13-25-21(19)22)10-15-5-7-18(24)8-6-15/h5-8,11-13,26H,3-4,9-10,14H2,1-2H3. The number of unbranched alkanes of at least 4 members (excludes halogenated alkanes) is 1. The van der Waals surface area contributed by atoms with Crippen LogP contribution in [0.4, 0.5) is 4.39 Å². The Morgan fingerprint density at radius 2 is 1.93 bits per heavy atom. The topological polar surface area (TPSA) is 68.7 Å². The van der Waals surface area contributed by atoms with E-state index in [-0.39, 0.29) is 18.0 Å². The first-order valence-corrected chi connectivity index (χ1v) is 9.58. The van der Waals surface area contributed by atoms with Crippen molar-refractivity contribution >= 4 is 16.9 Å². The van der Waals surface area contributed by atoms with Crippen molar-refractivity contribution < 1.29 is 23.8 Å². The van der Waals surface area contributed by atoms with E-state index in [1.165, 1.54) is 19.2 Å². The minimum atomic E-state index is -0.537. The number of ether oxygens (including phenoxy) is 2. The molecular formula is C23H24FNO4. The van der Waals surface area contributed by atoms with Crippen LogP contribution in [-0.2, 0) is 17.8 Å². The first kappa shape index (κ1) is 20.7. The van der Waals surface area contributed by atoms with Crippen LogP contribution in [0.2, 0.25) is 0 Å². The molecule has 0 aliphatic carbocycles. The summed E-state index contributed by atoms with van der Waals surface area (Å²) in [7, 11) is 1.31. The van der Waals surface area contributed by atoms with E-state index in [2.05, 4.69) is 11.9 Å². The van der Waals surface area contributed by atoms with Gasteiger partial charge in [0.2, 0.25) is 0 Å². The molecule has 0 aliphatic rings. The molecule has 0 spiro atoms. The zero-order chi connectivity index (χ0) is 20.8. The number of methoxy groups -OCH3 is 1. The zero-order valence-electron chi connectivity index (χ0n) is 16.6. The van der Waals surface area contributed by atoms with Crippen LogP contribution < -0.4 is 4.74 Å². The van der Waals surface area contributed by atoms with Crippen molar-refractivity contribution in [2.24, 2.45) is 0 Å². The Labute approximate surface area is 169 Å². The van der Waals surface area contributed by atoms with Crippen LogP contribution >= 0.6 is 0 Å². The normalized spacial score (nSPS) is 10.9. The van der Waals surface area contributed by atoms with Crippen molar-refractivity contribution in [1.29, 1.82) is 0 Å². The molecule has 0 unspecified atom stereocenters. The number of fused-ring (bicyclic) bond motifs is 1. The largest absolute Gasteiger partial charge is 0.490 e. The molecule has 0 fully saturated rings. The summed E-state index contributed by atoms with van der Waals surface area (Å²) >= 11 is 0. The third kappa shape index (κ3) is 4.71. The average molecular weight is 397 g/mol. The predicted molar refractivity (Wildman–Crippen MR) is 109 cm³/mol. The molecule has 1 N–H and O–H groups in total. The second kappa shape index (κ2) is 9.47. The van der Waals surface area contributed by atoms with Gasteiger partial charge in [0, 0.05) is 11.6 Å². The highest BCUT2D eigenvalue weighted by atomic mass is 19.1. The van der Waals surface area contributed by atoms with E-state index in [0.29, 0.717) is 35.2 Å². The highest BCUT2D eigenvalue weighted by Gasteiger charge is 2.20. The molecule has 3 aromatic rings. The molecule has 0 amide bonds. The van der Waals surface area contributed by atoms with Crippen LogP contribution in [-0.4, -0.2) is 29.8 Å². The molecule has 0 bridgehead atoms. The molecular weight excluding hydrogens is 373 g/mol. The third-order valence-electron chi connectivity index (χ3n) is 4.71. The summed E-state index contributed by atoms with van der Waals surface area (Å²) < 4.78 is 23.9. The number of benzene rings is 2. The fraction of sp³-hybridized carbons (Fsp3) is 0.304. The second-order valence-corrected chi connectivity index (χ2v) is 6.81. The van der Waals surface area contributed by atoms with Gasteiger partial charge < -0.3 is 14.6 Å². The van der Waals surface area contributed by atoms with Crippen molar-refractivity contribution in [3.8, 4) is 5.75 Å². The Balaban J connectivity index is 2.08. The summed E-state index contributed by atoms with van der Waals surface area (Å²) in [5.41, 5.74) is 3.18. The maximum atomic E-state index is 13.1. The minimum Gasteiger partial charge on any atom is -0.490 e.